The predicted octanol–water partition coefficient (Wildman–Crippen LogP) is 4.07. The zero-order chi connectivity index (χ0) is 14.7. The number of hydrogen-bond donors (Lipinski definition) is 1. The van der Waals surface area contributed by atoms with Crippen LogP contribution < -0.4 is 5.32 Å². The summed E-state index contributed by atoms with van der Waals surface area (Å²) in [7, 11) is 0. The molecule has 0 saturated carbocycles. The lowest BCUT2D eigenvalue weighted by molar-refractivity contribution is 0.101. The fraction of sp³-hybridized carbons (Fsp3) is 0.250. The third kappa shape index (κ3) is 3.14. The van der Waals surface area contributed by atoms with E-state index >= 15 is 0 Å². The lowest BCUT2D eigenvalue weighted by Crippen LogP contribution is -2.10. The van der Waals surface area contributed by atoms with Gasteiger partial charge < -0.3 is 5.32 Å². The van der Waals surface area contributed by atoms with Crippen molar-refractivity contribution in [3.8, 4) is 0 Å². The molecule has 0 radical (unpaired) electrons. The average molecular weight is 287 g/mol. The van der Waals surface area contributed by atoms with Gasteiger partial charge in [0.2, 0.25) is 0 Å². The van der Waals surface area contributed by atoms with Gasteiger partial charge in [0.05, 0.1) is 4.88 Å². The zero-order valence-corrected chi connectivity index (χ0v) is 12.6. The molecule has 2 rings (SSSR count). The smallest absolute Gasteiger partial charge is 0.265 e. The van der Waals surface area contributed by atoms with Crippen molar-refractivity contribution in [2.75, 3.05) is 5.32 Å². The minimum Gasteiger partial charge on any atom is -0.321 e. The van der Waals surface area contributed by atoms with E-state index in [1.807, 2.05) is 13.0 Å². The number of aryl methyl sites for hydroxylation is 2. The number of nitrogens with one attached hydrogen (secondary N) is 1. The number of carbonyl (C=O) groups excluding carboxylic acids is 2. The summed E-state index contributed by atoms with van der Waals surface area (Å²) in [6, 6.07) is 8.85. The molecule has 0 atom stereocenters. The Hall–Kier alpha value is -1.94. The molecule has 104 valence electrons. The molecule has 1 N–H and O–H groups in total. The normalized spacial score (nSPS) is 10.3. The number of amides is 1. The third-order valence-corrected chi connectivity index (χ3v) is 4.49. The minimum atomic E-state index is -0.103. The second-order valence-electron chi connectivity index (χ2n) is 4.66. The predicted molar refractivity (Wildman–Crippen MR) is 82.8 cm³/mol. The van der Waals surface area contributed by atoms with Crippen molar-refractivity contribution in [2.24, 2.45) is 0 Å². The van der Waals surface area contributed by atoms with Crippen LogP contribution in [0.25, 0.3) is 0 Å². The molecule has 1 amide bonds. The van der Waals surface area contributed by atoms with Gasteiger partial charge in [0, 0.05) is 16.1 Å². The lowest BCUT2D eigenvalue weighted by atomic mass is 10.1. The van der Waals surface area contributed by atoms with Crippen LogP contribution in [-0.4, -0.2) is 11.7 Å². The summed E-state index contributed by atoms with van der Waals surface area (Å²) in [6.07, 6.45) is 0.942. The first-order valence-corrected chi connectivity index (χ1v) is 7.34. The van der Waals surface area contributed by atoms with Crippen molar-refractivity contribution >= 4 is 28.7 Å². The van der Waals surface area contributed by atoms with E-state index in [-0.39, 0.29) is 11.7 Å². The fourth-order valence-corrected chi connectivity index (χ4v) is 2.97. The van der Waals surface area contributed by atoms with Crippen molar-refractivity contribution in [1.29, 1.82) is 0 Å². The third-order valence-electron chi connectivity index (χ3n) is 3.11. The lowest BCUT2D eigenvalue weighted by Gasteiger charge is -2.04. The topological polar surface area (TPSA) is 46.2 Å². The van der Waals surface area contributed by atoms with Gasteiger partial charge in [0.1, 0.15) is 0 Å². The van der Waals surface area contributed by atoms with Crippen molar-refractivity contribution in [3.05, 3.63) is 51.2 Å². The average Bonchev–Trinajstić information content (AvgIpc) is 2.80. The summed E-state index contributed by atoms with van der Waals surface area (Å²) in [5.41, 5.74) is 2.50. The number of carbonyl (C=O) groups is 2. The number of ketones is 1. The van der Waals surface area contributed by atoms with Crippen molar-refractivity contribution in [1.82, 2.24) is 0 Å². The van der Waals surface area contributed by atoms with E-state index in [4.69, 9.17) is 0 Å². The van der Waals surface area contributed by atoms with Gasteiger partial charge in [-0.1, -0.05) is 6.92 Å². The van der Waals surface area contributed by atoms with Crippen molar-refractivity contribution in [2.45, 2.75) is 27.2 Å². The molecule has 0 aliphatic heterocycles. The van der Waals surface area contributed by atoms with Gasteiger partial charge in [-0.25, -0.2) is 0 Å². The van der Waals surface area contributed by atoms with Gasteiger partial charge in [0.15, 0.2) is 5.78 Å². The molecule has 1 aromatic heterocycles. The molecule has 0 saturated heterocycles. The highest BCUT2D eigenvalue weighted by atomic mass is 32.1. The summed E-state index contributed by atoms with van der Waals surface area (Å²) in [5, 5.41) is 2.85. The number of thiophene rings is 1. The molecule has 0 unspecified atom stereocenters. The van der Waals surface area contributed by atoms with Crippen LogP contribution in [0.5, 0.6) is 0 Å². The molecular weight excluding hydrogens is 270 g/mol. The quantitative estimate of drug-likeness (QED) is 0.861. The molecule has 4 heteroatoms. The van der Waals surface area contributed by atoms with Crippen LogP contribution in [0.15, 0.2) is 30.3 Å². The highest BCUT2D eigenvalue weighted by Gasteiger charge is 2.12. The highest BCUT2D eigenvalue weighted by Crippen LogP contribution is 2.23. The van der Waals surface area contributed by atoms with E-state index in [0.29, 0.717) is 11.3 Å². The molecule has 0 fully saturated rings. The van der Waals surface area contributed by atoms with Crippen LogP contribution in [0, 0.1) is 6.92 Å². The first-order valence-electron chi connectivity index (χ1n) is 6.53. The zero-order valence-electron chi connectivity index (χ0n) is 11.8. The molecule has 1 heterocycles. The van der Waals surface area contributed by atoms with E-state index in [1.165, 1.54) is 23.1 Å². The molecule has 2 aromatic rings. The molecule has 0 aliphatic carbocycles. The molecule has 0 bridgehead atoms. The van der Waals surface area contributed by atoms with Crippen LogP contribution in [0.3, 0.4) is 0 Å². The second-order valence-corrected chi connectivity index (χ2v) is 5.79. The first-order chi connectivity index (χ1) is 9.51. The maximum atomic E-state index is 12.1. The van der Waals surface area contributed by atoms with Crippen LogP contribution in [0.4, 0.5) is 5.69 Å². The van der Waals surface area contributed by atoms with E-state index in [9.17, 15) is 9.59 Å². The van der Waals surface area contributed by atoms with Gasteiger partial charge >= 0.3 is 0 Å². The first kappa shape index (κ1) is 14.5. The van der Waals surface area contributed by atoms with Gasteiger partial charge in [-0.05, 0) is 56.2 Å². The largest absolute Gasteiger partial charge is 0.321 e. The Morgan fingerprint density at radius 2 is 1.85 bits per heavy atom. The Kier molecular flexibility index (Phi) is 4.35. The molecular formula is C16H17NO2S. The number of anilines is 1. The van der Waals surface area contributed by atoms with Crippen LogP contribution in [0.1, 0.15) is 44.3 Å². The SMILES string of the molecule is CCc1sc(C(=O)Nc2ccc(C(C)=O)cc2)cc1C. The van der Waals surface area contributed by atoms with E-state index in [1.54, 1.807) is 24.3 Å². The standard InChI is InChI=1S/C16H17NO2S/c1-4-14-10(2)9-15(20-14)16(19)17-13-7-5-12(6-8-13)11(3)18/h5-9H,4H2,1-3H3,(H,17,19). The summed E-state index contributed by atoms with van der Waals surface area (Å²) in [4.78, 5) is 25.3. The number of benzene rings is 1. The van der Waals surface area contributed by atoms with Crippen LogP contribution >= 0.6 is 11.3 Å². The molecule has 20 heavy (non-hydrogen) atoms. The molecule has 3 nitrogen and oxygen atoms in total. The number of Topliss-reactive ketones (excluding diaryl/α,β-unsaturated/α-hetero) is 1. The summed E-state index contributed by atoms with van der Waals surface area (Å²) in [5.74, 6) is -0.0854. The summed E-state index contributed by atoms with van der Waals surface area (Å²) in [6.45, 7) is 5.63. The van der Waals surface area contributed by atoms with Gasteiger partial charge in [-0.2, -0.15) is 0 Å². The molecule has 1 aromatic carbocycles. The highest BCUT2D eigenvalue weighted by molar-refractivity contribution is 7.14. The number of rotatable bonds is 4. The minimum absolute atomic E-state index is 0.0179. The Balaban J connectivity index is 2.12. The Labute approximate surface area is 122 Å². The van der Waals surface area contributed by atoms with Gasteiger partial charge in [0.25, 0.3) is 5.91 Å². The molecule has 0 aliphatic rings. The maximum absolute atomic E-state index is 12.1. The van der Waals surface area contributed by atoms with Crippen LogP contribution in [-0.2, 0) is 6.42 Å². The maximum Gasteiger partial charge on any atom is 0.265 e. The van der Waals surface area contributed by atoms with Gasteiger partial charge in [-0.3, -0.25) is 9.59 Å². The Bertz CT molecular complexity index is 641. The monoisotopic (exact) mass is 287 g/mol. The van der Waals surface area contributed by atoms with Crippen LogP contribution in [0.2, 0.25) is 0 Å². The van der Waals surface area contributed by atoms with E-state index in [2.05, 4.69) is 12.2 Å². The summed E-state index contributed by atoms with van der Waals surface area (Å²) >= 11 is 1.53. The van der Waals surface area contributed by atoms with E-state index in [0.717, 1.165) is 16.9 Å². The molecule has 0 spiro atoms. The number of hydrogen-bond acceptors (Lipinski definition) is 3. The fourth-order valence-electron chi connectivity index (χ4n) is 1.96. The van der Waals surface area contributed by atoms with Gasteiger partial charge in [-0.15, -0.1) is 11.3 Å². The second kappa shape index (κ2) is 6.01. The Morgan fingerprint density at radius 3 is 2.35 bits per heavy atom. The van der Waals surface area contributed by atoms with E-state index < -0.39 is 0 Å². The van der Waals surface area contributed by atoms with Crippen molar-refractivity contribution < 1.29 is 9.59 Å². The summed E-state index contributed by atoms with van der Waals surface area (Å²) < 4.78 is 0. The van der Waals surface area contributed by atoms with Crippen molar-refractivity contribution in [3.63, 3.8) is 0 Å². The Morgan fingerprint density at radius 1 is 1.20 bits per heavy atom.